The summed E-state index contributed by atoms with van der Waals surface area (Å²) < 4.78 is 25.2. The maximum atomic E-state index is 12.6. The minimum absolute atomic E-state index is 0.0510. The van der Waals surface area contributed by atoms with Gasteiger partial charge in [0.15, 0.2) is 0 Å². The van der Waals surface area contributed by atoms with Gasteiger partial charge in [0.25, 0.3) is 6.43 Å². The van der Waals surface area contributed by atoms with E-state index in [1.54, 1.807) is 0 Å². The zero-order chi connectivity index (χ0) is 12.1. The molecule has 0 fully saturated rings. The predicted octanol–water partition coefficient (Wildman–Crippen LogP) is 2.65. The first-order valence-electron chi connectivity index (χ1n) is 4.87. The highest BCUT2D eigenvalue weighted by Crippen LogP contribution is 2.29. The quantitative estimate of drug-likeness (QED) is 0.789. The van der Waals surface area contributed by atoms with Crippen LogP contribution in [0.4, 0.5) is 8.78 Å². The van der Waals surface area contributed by atoms with E-state index in [4.69, 9.17) is 11.6 Å². The van der Waals surface area contributed by atoms with Crippen LogP contribution in [0.3, 0.4) is 0 Å². The first-order valence-corrected chi connectivity index (χ1v) is 5.40. The van der Waals surface area contributed by atoms with E-state index in [1.807, 2.05) is 0 Å². The van der Waals surface area contributed by atoms with Gasteiger partial charge in [-0.3, -0.25) is 0 Å². The fourth-order valence-corrected chi connectivity index (χ4v) is 1.68. The average Bonchev–Trinajstić information content (AvgIpc) is 2.28. The van der Waals surface area contributed by atoms with Gasteiger partial charge >= 0.3 is 0 Å². The first kappa shape index (κ1) is 13.4. The summed E-state index contributed by atoms with van der Waals surface area (Å²) in [6.07, 6.45) is -4.98. The fraction of sp³-hybridized carbons (Fsp3) is 0.455. The molecule has 2 atom stereocenters. The lowest BCUT2D eigenvalue weighted by molar-refractivity contribution is 0.0143. The number of alkyl halides is 3. The molecular formula is C11H13ClF2O2. The molecule has 90 valence electrons. The Labute approximate surface area is 97.5 Å². The van der Waals surface area contributed by atoms with E-state index < -0.39 is 18.6 Å². The largest absolute Gasteiger partial charge is 0.390 e. The summed E-state index contributed by atoms with van der Waals surface area (Å²) in [5.74, 6) is 0.162. The Hall–Kier alpha value is -0.710. The number of hydrogen-bond acceptors (Lipinski definition) is 2. The van der Waals surface area contributed by atoms with E-state index in [0.29, 0.717) is 0 Å². The second-order valence-corrected chi connectivity index (χ2v) is 3.80. The second-order valence-electron chi connectivity index (χ2n) is 3.42. The van der Waals surface area contributed by atoms with Crippen LogP contribution in [0.25, 0.3) is 0 Å². The average molecular weight is 251 g/mol. The van der Waals surface area contributed by atoms with Crippen LogP contribution >= 0.6 is 11.6 Å². The van der Waals surface area contributed by atoms with Gasteiger partial charge < -0.3 is 10.2 Å². The Morgan fingerprint density at radius 3 is 2.19 bits per heavy atom. The van der Waals surface area contributed by atoms with E-state index in [1.165, 1.54) is 24.3 Å². The third kappa shape index (κ3) is 3.14. The number of benzene rings is 1. The van der Waals surface area contributed by atoms with Gasteiger partial charge in [0.05, 0.1) is 6.10 Å². The molecule has 0 aromatic heterocycles. The minimum atomic E-state index is -2.67. The maximum absolute atomic E-state index is 12.6. The molecule has 2 unspecified atom stereocenters. The van der Waals surface area contributed by atoms with Crippen LogP contribution in [0.2, 0.25) is 0 Å². The van der Waals surface area contributed by atoms with Gasteiger partial charge in [0, 0.05) is 11.4 Å². The fourth-order valence-electron chi connectivity index (χ4n) is 1.46. The molecule has 5 heteroatoms. The van der Waals surface area contributed by atoms with E-state index in [9.17, 15) is 19.0 Å². The van der Waals surface area contributed by atoms with Gasteiger partial charge in [-0.2, -0.15) is 0 Å². The highest BCUT2D eigenvalue weighted by molar-refractivity contribution is 6.17. The number of aliphatic hydroxyl groups excluding tert-OH is 2. The van der Waals surface area contributed by atoms with Crippen molar-refractivity contribution >= 4 is 11.6 Å². The molecule has 0 aliphatic heterocycles. The van der Waals surface area contributed by atoms with Crippen molar-refractivity contribution < 1.29 is 19.0 Å². The summed E-state index contributed by atoms with van der Waals surface area (Å²) in [7, 11) is 0. The molecule has 0 heterocycles. The van der Waals surface area contributed by atoms with E-state index in [0.717, 1.165) is 0 Å². The van der Waals surface area contributed by atoms with Crippen molar-refractivity contribution in [3.05, 3.63) is 35.4 Å². The number of halogens is 3. The first-order chi connectivity index (χ1) is 7.57. The minimum Gasteiger partial charge on any atom is -0.390 e. The van der Waals surface area contributed by atoms with Crippen LogP contribution in [-0.4, -0.2) is 22.2 Å². The lowest BCUT2D eigenvalue weighted by Gasteiger charge is -2.19. The molecule has 2 nitrogen and oxygen atoms in total. The SMILES string of the molecule is OC(CCCl)C(O)c1ccccc1C(F)F. The van der Waals surface area contributed by atoms with Crippen molar-refractivity contribution in [1.82, 2.24) is 0 Å². The molecule has 0 aliphatic carbocycles. The smallest absolute Gasteiger partial charge is 0.264 e. The molecule has 0 aliphatic rings. The van der Waals surface area contributed by atoms with Crippen LogP contribution in [0.5, 0.6) is 0 Å². The van der Waals surface area contributed by atoms with Crippen LogP contribution in [-0.2, 0) is 0 Å². The lowest BCUT2D eigenvalue weighted by Crippen LogP contribution is -2.20. The van der Waals surface area contributed by atoms with Gasteiger partial charge in [-0.1, -0.05) is 24.3 Å². The molecule has 0 amide bonds. The standard InChI is InChI=1S/C11H13ClF2O2/c12-6-5-9(15)10(16)7-3-1-2-4-8(7)11(13)14/h1-4,9-11,15-16H,5-6H2. The summed E-state index contributed by atoms with van der Waals surface area (Å²) in [6.45, 7) is 0. The third-order valence-corrected chi connectivity index (χ3v) is 2.54. The molecule has 16 heavy (non-hydrogen) atoms. The zero-order valence-corrected chi connectivity index (χ0v) is 9.24. The Morgan fingerprint density at radius 1 is 1.12 bits per heavy atom. The molecule has 1 aromatic rings. The number of hydrogen-bond donors (Lipinski definition) is 2. The molecule has 1 rings (SSSR count). The van der Waals surface area contributed by atoms with Gasteiger partial charge in [-0.05, 0) is 12.0 Å². The monoisotopic (exact) mass is 250 g/mol. The molecule has 1 aromatic carbocycles. The maximum Gasteiger partial charge on any atom is 0.264 e. The van der Waals surface area contributed by atoms with E-state index in [-0.39, 0.29) is 23.4 Å². The van der Waals surface area contributed by atoms with Gasteiger partial charge in [0.1, 0.15) is 6.10 Å². The molecule has 0 saturated carbocycles. The van der Waals surface area contributed by atoms with Gasteiger partial charge in [0.2, 0.25) is 0 Å². The number of rotatable bonds is 5. The van der Waals surface area contributed by atoms with Crippen molar-refractivity contribution in [2.75, 3.05) is 5.88 Å². The topological polar surface area (TPSA) is 40.5 Å². The summed E-state index contributed by atoms with van der Waals surface area (Å²) >= 11 is 5.41. The highest BCUT2D eigenvalue weighted by Gasteiger charge is 2.23. The van der Waals surface area contributed by atoms with Crippen LogP contribution < -0.4 is 0 Å². The van der Waals surface area contributed by atoms with Crippen LogP contribution in [0, 0.1) is 0 Å². The lowest BCUT2D eigenvalue weighted by atomic mass is 9.97. The molecule has 0 radical (unpaired) electrons. The second kappa shape index (κ2) is 6.13. The molecule has 2 N–H and O–H groups in total. The van der Waals surface area contributed by atoms with Crippen LogP contribution in [0.1, 0.15) is 30.1 Å². The Balaban J connectivity index is 2.93. The van der Waals surface area contributed by atoms with Crippen molar-refractivity contribution in [3.8, 4) is 0 Å². The highest BCUT2D eigenvalue weighted by atomic mass is 35.5. The molecule has 0 bridgehead atoms. The molecule has 0 saturated heterocycles. The van der Waals surface area contributed by atoms with Crippen molar-refractivity contribution in [2.24, 2.45) is 0 Å². The van der Waals surface area contributed by atoms with Crippen molar-refractivity contribution in [2.45, 2.75) is 25.1 Å². The Bertz CT molecular complexity index is 334. The summed E-state index contributed by atoms with van der Waals surface area (Å²) in [4.78, 5) is 0. The summed E-state index contributed by atoms with van der Waals surface area (Å²) in [5.41, 5.74) is -0.210. The zero-order valence-electron chi connectivity index (χ0n) is 8.48. The number of aliphatic hydroxyl groups is 2. The Morgan fingerprint density at radius 2 is 1.69 bits per heavy atom. The normalized spacial score (nSPS) is 15.1. The molecular weight excluding hydrogens is 238 g/mol. The van der Waals surface area contributed by atoms with Crippen molar-refractivity contribution in [1.29, 1.82) is 0 Å². The Kier molecular flexibility index (Phi) is 5.12. The molecule has 0 spiro atoms. The van der Waals surface area contributed by atoms with Gasteiger partial charge in [-0.25, -0.2) is 8.78 Å². The third-order valence-electron chi connectivity index (χ3n) is 2.32. The summed E-state index contributed by atoms with van der Waals surface area (Å²) in [5, 5.41) is 19.2. The van der Waals surface area contributed by atoms with E-state index in [2.05, 4.69) is 0 Å². The van der Waals surface area contributed by atoms with Gasteiger partial charge in [-0.15, -0.1) is 11.6 Å². The van der Waals surface area contributed by atoms with Crippen molar-refractivity contribution in [3.63, 3.8) is 0 Å². The van der Waals surface area contributed by atoms with Crippen LogP contribution in [0.15, 0.2) is 24.3 Å². The summed E-state index contributed by atoms with van der Waals surface area (Å²) in [6, 6.07) is 5.61. The predicted molar refractivity (Wildman–Crippen MR) is 57.7 cm³/mol. The van der Waals surface area contributed by atoms with E-state index >= 15 is 0 Å².